The Kier molecular flexibility index (Phi) is 7.44. The molecule has 8 heteroatoms. The summed E-state index contributed by atoms with van der Waals surface area (Å²) in [6, 6.07) is 20.3. The summed E-state index contributed by atoms with van der Waals surface area (Å²) in [4.78, 5) is 28.8. The Morgan fingerprint density at radius 1 is 1.00 bits per heavy atom. The normalized spacial score (nSPS) is 10.8. The van der Waals surface area contributed by atoms with Crippen LogP contribution in [-0.4, -0.2) is 33.2 Å². The Bertz CT molecular complexity index is 1330. The predicted octanol–water partition coefficient (Wildman–Crippen LogP) is 3.91. The summed E-state index contributed by atoms with van der Waals surface area (Å²) in [5.74, 6) is 1.16. The number of ether oxygens (including phenoxy) is 1. The Morgan fingerprint density at radius 3 is 2.44 bits per heavy atom. The summed E-state index contributed by atoms with van der Waals surface area (Å²) in [6.45, 7) is 3.66. The van der Waals surface area contributed by atoms with E-state index in [2.05, 4.69) is 10.3 Å². The molecule has 0 fully saturated rings. The zero-order valence-electron chi connectivity index (χ0n) is 18.8. The van der Waals surface area contributed by atoms with Crippen molar-refractivity contribution in [1.82, 2.24) is 19.4 Å². The molecule has 0 saturated carbocycles. The van der Waals surface area contributed by atoms with Crippen molar-refractivity contribution in [1.29, 1.82) is 0 Å². The third-order valence-electron chi connectivity index (χ3n) is 5.29. The maximum Gasteiger partial charge on any atom is 0.271 e. The molecule has 0 bridgehead atoms. The zero-order chi connectivity index (χ0) is 23.9. The van der Waals surface area contributed by atoms with Gasteiger partial charge in [0.15, 0.2) is 0 Å². The van der Waals surface area contributed by atoms with Gasteiger partial charge in [-0.15, -0.1) is 0 Å². The topological polar surface area (TPSA) is 78.2 Å². The second kappa shape index (κ2) is 10.9. The standard InChI is InChI=1S/C26H25ClN4O3/c1-19-29-24(26(33)28-12-14-34-23-6-4-5-22(27)15-23)18-31(19)17-21-10-8-20(9-11-21)16-30-13-3-2-7-25(30)32/h2-11,13,15,18H,12,14,16-17H2,1H3,(H,28,33). The molecule has 1 N–H and O–H groups in total. The molecule has 174 valence electrons. The van der Waals surface area contributed by atoms with Crippen molar-refractivity contribution in [2.45, 2.75) is 20.0 Å². The van der Waals surface area contributed by atoms with Crippen molar-refractivity contribution in [3.05, 3.63) is 117 Å². The lowest BCUT2D eigenvalue weighted by Gasteiger charge is -2.08. The van der Waals surface area contributed by atoms with Crippen LogP contribution in [0.3, 0.4) is 0 Å². The summed E-state index contributed by atoms with van der Waals surface area (Å²) in [5.41, 5.74) is 2.45. The number of carbonyl (C=O) groups is 1. The molecule has 0 unspecified atom stereocenters. The van der Waals surface area contributed by atoms with Gasteiger partial charge in [0.2, 0.25) is 0 Å². The van der Waals surface area contributed by atoms with Crippen LogP contribution in [0.15, 0.2) is 83.9 Å². The molecule has 4 rings (SSSR count). The quantitative estimate of drug-likeness (QED) is 0.371. The SMILES string of the molecule is Cc1nc(C(=O)NCCOc2cccc(Cl)c2)cn1Cc1ccc(Cn2ccccc2=O)cc1. The molecule has 4 aromatic rings. The molecular weight excluding hydrogens is 452 g/mol. The van der Waals surface area contributed by atoms with Crippen LogP contribution in [0, 0.1) is 6.92 Å². The lowest BCUT2D eigenvalue weighted by molar-refractivity contribution is 0.0942. The minimum absolute atomic E-state index is 0.0255. The maximum atomic E-state index is 12.5. The van der Waals surface area contributed by atoms with Crippen molar-refractivity contribution in [2.75, 3.05) is 13.2 Å². The van der Waals surface area contributed by atoms with E-state index in [-0.39, 0.29) is 11.5 Å². The molecule has 7 nitrogen and oxygen atoms in total. The average Bonchev–Trinajstić information content (AvgIpc) is 3.19. The Labute approximate surface area is 202 Å². The van der Waals surface area contributed by atoms with Crippen molar-refractivity contribution in [3.63, 3.8) is 0 Å². The fourth-order valence-electron chi connectivity index (χ4n) is 3.49. The number of imidazole rings is 1. The molecule has 0 aliphatic heterocycles. The van der Waals surface area contributed by atoms with Gasteiger partial charge >= 0.3 is 0 Å². The molecule has 0 atom stereocenters. The summed E-state index contributed by atoms with van der Waals surface area (Å²) in [6.07, 6.45) is 3.53. The van der Waals surface area contributed by atoms with Gasteiger partial charge in [0, 0.05) is 30.0 Å². The van der Waals surface area contributed by atoms with Gasteiger partial charge in [-0.3, -0.25) is 9.59 Å². The van der Waals surface area contributed by atoms with E-state index in [9.17, 15) is 9.59 Å². The highest BCUT2D eigenvalue weighted by Crippen LogP contribution is 2.16. The smallest absolute Gasteiger partial charge is 0.271 e. The van der Waals surface area contributed by atoms with Crippen molar-refractivity contribution >= 4 is 17.5 Å². The molecule has 2 heterocycles. The van der Waals surface area contributed by atoms with Crippen LogP contribution in [0.4, 0.5) is 0 Å². The number of hydrogen-bond acceptors (Lipinski definition) is 4. The van der Waals surface area contributed by atoms with Crippen LogP contribution in [0.1, 0.15) is 27.4 Å². The van der Waals surface area contributed by atoms with E-state index in [0.717, 1.165) is 17.0 Å². The number of halogens is 1. The third-order valence-corrected chi connectivity index (χ3v) is 5.52. The lowest BCUT2D eigenvalue weighted by atomic mass is 10.1. The van der Waals surface area contributed by atoms with E-state index in [4.69, 9.17) is 16.3 Å². The number of nitrogens with one attached hydrogen (secondary N) is 1. The van der Waals surface area contributed by atoms with Crippen molar-refractivity contribution in [2.24, 2.45) is 0 Å². The van der Waals surface area contributed by atoms with Crippen LogP contribution >= 0.6 is 11.6 Å². The second-order valence-corrected chi connectivity index (χ2v) is 8.28. The van der Waals surface area contributed by atoms with Crippen LogP contribution in [0.5, 0.6) is 5.75 Å². The van der Waals surface area contributed by atoms with E-state index in [1.165, 1.54) is 0 Å². The molecule has 0 saturated heterocycles. The number of amides is 1. The van der Waals surface area contributed by atoms with Gasteiger partial charge < -0.3 is 19.2 Å². The highest BCUT2D eigenvalue weighted by Gasteiger charge is 2.12. The first kappa shape index (κ1) is 23.3. The first-order valence-corrected chi connectivity index (χ1v) is 11.3. The highest BCUT2D eigenvalue weighted by atomic mass is 35.5. The minimum atomic E-state index is -0.250. The van der Waals surface area contributed by atoms with Gasteiger partial charge in [-0.1, -0.05) is 48.0 Å². The number of rotatable bonds is 9. The predicted molar refractivity (Wildman–Crippen MR) is 132 cm³/mol. The fraction of sp³-hybridized carbons (Fsp3) is 0.192. The van der Waals surface area contributed by atoms with Gasteiger partial charge in [0.1, 0.15) is 23.9 Å². The van der Waals surface area contributed by atoms with Gasteiger partial charge in [0.25, 0.3) is 11.5 Å². The second-order valence-electron chi connectivity index (χ2n) is 7.85. The van der Waals surface area contributed by atoms with Crippen molar-refractivity contribution in [3.8, 4) is 5.75 Å². The molecule has 1 amide bonds. The summed E-state index contributed by atoms with van der Waals surface area (Å²) >= 11 is 5.94. The minimum Gasteiger partial charge on any atom is -0.492 e. The number of nitrogens with zero attached hydrogens (tertiary/aromatic N) is 3. The molecular formula is C26H25ClN4O3. The molecule has 0 aliphatic carbocycles. The van der Waals surface area contributed by atoms with E-state index in [1.807, 2.05) is 54.0 Å². The van der Waals surface area contributed by atoms with E-state index in [0.29, 0.717) is 42.7 Å². The number of aryl methyl sites for hydroxylation is 1. The molecule has 0 aliphatic rings. The molecule has 34 heavy (non-hydrogen) atoms. The Hall–Kier alpha value is -3.84. The van der Waals surface area contributed by atoms with Crippen LogP contribution in [-0.2, 0) is 13.1 Å². The first-order chi connectivity index (χ1) is 16.5. The van der Waals surface area contributed by atoms with Gasteiger partial charge in [-0.05, 0) is 42.3 Å². The molecule has 2 aromatic carbocycles. The monoisotopic (exact) mass is 476 g/mol. The van der Waals surface area contributed by atoms with Gasteiger partial charge in [0.05, 0.1) is 13.1 Å². The average molecular weight is 477 g/mol. The van der Waals surface area contributed by atoms with Crippen molar-refractivity contribution < 1.29 is 9.53 Å². The molecule has 2 aromatic heterocycles. The Balaban J connectivity index is 1.30. The third kappa shape index (κ3) is 6.14. The maximum absolute atomic E-state index is 12.5. The first-order valence-electron chi connectivity index (χ1n) is 10.9. The number of hydrogen-bond donors (Lipinski definition) is 1. The highest BCUT2D eigenvalue weighted by molar-refractivity contribution is 6.30. The van der Waals surface area contributed by atoms with Gasteiger partial charge in [-0.25, -0.2) is 4.98 Å². The zero-order valence-corrected chi connectivity index (χ0v) is 19.5. The number of pyridine rings is 1. The summed E-state index contributed by atoms with van der Waals surface area (Å²) < 4.78 is 9.20. The van der Waals surface area contributed by atoms with Gasteiger partial charge in [-0.2, -0.15) is 0 Å². The summed E-state index contributed by atoms with van der Waals surface area (Å²) in [5, 5.41) is 3.42. The largest absolute Gasteiger partial charge is 0.492 e. The molecule has 0 radical (unpaired) electrons. The molecule has 0 spiro atoms. The van der Waals surface area contributed by atoms with Crippen LogP contribution in [0.2, 0.25) is 5.02 Å². The lowest BCUT2D eigenvalue weighted by Crippen LogP contribution is -2.28. The van der Waals surface area contributed by atoms with E-state index >= 15 is 0 Å². The van der Waals surface area contributed by atoms with Crippen LogP contribution in [0.25, 0.3) is 0 Å². The van der Waals surface area contributed by atoms with E-state index in [1.54, 1.807) is 41.2 Å². The number of carbonyl (C=O) groups excluding carboxylic acids is 1. The van der Waals surface area contributed by atoms with E-state index < -0.39 is 0 Å². The van der Waals surface area contributed by atoms with Crippen LogP contribution < -0.4 is 15.6 Å². The number of aromatic nitrogens is 3. The summed E-state index contributed by atoms with van der Waals surface area (Å²) in [7, 11) is 0. The fourth-order valence-corrected chi connectivity index (χ4v) is 3.67. The Morgan fingerprint density at radius 2 is 1.74 bits per heavy atom. The number of benzene rings is 2.